The lowest BCUT2D eigenvalue weighted by Gasteiger charge is -2.47. The van der Waals surface area contributed by atoms with Crippen LogP contribution < -0.4 is 9.47 Å². The molecule has 2 aromatic carbocycles. The molecule has 0 unspecified atom stereocenters. The normalized spacial score (nSPS) is 29.2. The third-order valence-corrected chi connectivity index (χ3v) is 6.46. The number of rotatable bonds is 8. The molecule has 6 atom stereocenters. The van der Waals surface area contributed by atoms with Gasteiger partial charge in [0.25, 0.3) is 0 Å². The van der Waals surface area contributed by atoms with Crippen LogP contribution in [0.4, 0.5) is 0 Å². The lowest BCUT2D eigenvalue weighted by molar-refractivity contribution is -0.342. The summed E-state index contributed by atoms with van der Waals surface area (Å²) < 4.78 is 85.8. The zero-order valence-corrected chi connectivity index (χ0v) is 21.1. The van der Waals surface area contributed by atoms with Crippen LogP contribution in [0.25, 0.3) is 0 Å². The van der Waals surface area contributed by atoms with Crippen molar-refractivity contribution in [3.63, 3.8) is 0 Å². The van der Waals surface area contributed by atoms with Crippen LogP contribution in [0.2, 0.25) is 0 Å². The van der Waals surface area contributed by atoms with Crippen molar-refractivity contribution in [3.8, 4) is 11.5 Å². The average Bonchev–Trinajstić information content (AvgIpc) is 2.80. The Kier molecular flexibility index (Phi) is 8.10. The maximum absolute atomic E-state index is 11.9. The first-order chi connectivity index (χ1) is 16.5. The summed E-state index contributed by atoms with van der Waals surface area (Å²) in [7, 11) is 2.86. The van der Waals surface area contributed by atoms with E-state index in [4.69, 9.17) is 53.4 Å². The van der Waals surface area contributed by atoms with Crippen LogP contribution in [0.1, 0.15) is 11.9 Å². The van der Waals surface area contributed by atoms with Gasteiger partial charge in [0.2, 0.25) is 6.29 Å². The van der Waals surface area contributed by atoms with Crippen LogP contribution in [-0.2, 0) is 41.2 Å². The third-order valence-electron chi connectivity index (χ3n) is 5.12. The molecule has 0 N–H and O–H groups in total. The molecular formula is C20H20Cl2O11S2. The fourth-order valence-electron chi connectivity index (χ4n) is 3.69. The van der Waals surface area contributed by atoms with Crippen LogP contribution in [0.3, 0.4) is 0 Å². The molecule has 2 aromatic rings. The Bertz CT molecular complexity index is 1210. The summed E-state index contributed by atoms with van der Waals surface area (Å²) in [6.07, 6.45) is -7.95. The van der Waals surface area contributed by atoms with Gasteiger partial charge in [0, 0.05) is 26.9 Å². The van der Waals surface area contributed by atoms with Gasteiger partial charge in [-0.25, -0.2) is 8.37 Å². The summed E-state index contributed by atoms with van der Waals surface area (Å²) in [5.41, 5.74) is 0.623. The smallest absolute Gasteiger partial charge is 0.356 e. The largest absolute Gasteiger partial charge is 0.497 e. The number of benzene rings is 2. The number of hydrogen-bond acceptors (Lipinski definition) is 11. The van der Waals surface area contributed by atoms with Gasteiger partial charge < -0.3 is 23.7 Å². The van der Waals surface area contributed by atoms with Gasteiger partial charge in [-0.3, -0.25) is 0 Å². The highest BCUT2D eigenvalue weighted by Gasteiger charge is 2.55. The number of ether oxygens (including phenoxy) is 5. The Balaban J connectivity index is 1.67. The second kappa shape index (κ2) is 10.7. The summed E-state index contributed by atoms with van der Waals surface area (Å²) >= 11 is 0. The summed E-state index contributed by atoms with van der Waals surface area (Å²) in [5.74, 6) is 0.760. The van der Waals surface area contributed by atoms with Crippen molar-refractivity contribution in [2.75, 3.05) is 13.7 Å². The highest BCUT2D eigenvalue weighted by Crippen LogP contribution is 2.38. The van der Waals surface area contributed by atoms with E-state index in [-0.39, 0.29) is 12.4 Å². The van der Waals surface area contributed by atoms with Crippen LogP contribution >= 0.6 is 21.4 Å². The van der Waals surface area contributed by atoms with Gasteiger partial charge >= 0.3 is 18.7 Å². The molecule has 2 saturated heterocycles. The fourth-order valence-corrected chi connectivity index (χ4v) is 5.14. The predicted molar refractivity (Wildman–Crippen MR) is 122 cm³/mol. The first-order valence-corrected chi connectivity index (χ1v) is 14.5. The van der Waals surface area contributed by atoms with E-state index in [1.807, 2.05) is 0 Å². The van der Waals surface area contributed by atoms with Crippen molar-refractivity contribution in [2.45, 2.75) is 37.0 Å². The van der Waals surface area contributed by atoms with Crippen molar-refractivity contribution >= 4 is 40.0 Å². The lowest BCUT2D eigenvalue weighted by atomic mass is 9.98. The number of methoxy groups -OCH3 is 1. The summed E-state index contributed by atoms with van der Waals surface area (Å²) in [5, 5.41) is 0. The lowest BCUT2D eigenvalue weighted by Crippen LogP contribution is -2.64. The molecule has 2 aliphatic heterocycles. The maximum atomic E-state index is 11.9. The predicted octanol–water partition coefficient (Wildman–Crippen LogP) is 2.65. The van der Waals surface area contributed by atoms with Gasteiger partial charge in [0.1, 0.15) is 29.8 Å². The molecule has 35 heavy (non-hydrogen) atoms. The van der Waals surface area contributed by atoms with Crippen molar-refractivity contribution < 1.29 is 48.9 Å². The molecule has 0 spiro atoms. The molecule has 2 aliphatic rings. The molecule has 2 heterocycles. The van der Waals surface area contributed by atoms with E-state index in [2.05, 4.69) is 0 Å². The Morgan fingerprint density at radius 1 is 0.829 bits per heavy atom. The average molecular weight is 571 g/mol. The summed E-state index contributed by atoms with van der Waals surface area (Å²) in [4.78, 5) is 0. The fraction of sp³-hybridized carbons (Fsp3) is 0.400. The van der Waals surface area contributed by atoms with Crippen LogP contribution in [0, 0.1) is 0 Å². The summed E-state index contributed by atoms with van der Waals surface area (Å²) in [6, 6.07) is 15.0. The van der Waals surface area contributed by atoms with Crippen LogP contribution in [-0.4, -0.2) is 61.3 Å². The molecule has 15 heteroatoms. The topological polar surface area (TPSA) is 133 Å². The molecule has 4 rings (SSSR count). The van der Waals surface area contributed by atoms with E-state index < -0.39 is 55.7 Å². The van der Waals surface area contributed by atoms with Gasteiger partial charge in [-0.2, -0.15) is 16.8 Å². The number of fused-ring (bicyclic) bond motifs is 1. The quantitative estimate of drug-likeness (QED) is 0.433. The monoisotopic (exact) mass is 570 g/mol. The Morgan fingerprint density at radius 3 is 2.03 bits per heavy atom. The number of hydrogen-bond donors (Lipinski definition) is 0. The Hall–Kier alpha value is -1.68. The molecular weight excluding hydrogens is 551 g/mol. The Labute approximate surface area is 210 Å². The first kappa shape index (κ1) is 26.4. The third kappa shape index (κ3) is 6.96. The van der Waals surface area contributed by atoms with E-state index in [1.165, 1.54) is 19.2 Å². The standard InChI is InChI=1S/C20H20Cl2O11S2/c1-27-13-7-9-14(10-8-13)29-20-18(33-35(22,25)26)17(32-34(21,23)24)16-15(30-20)11-28-19(31-16)12-5-3-2-4-6-12/h2-10,15-20H,11H2,1H3/t15-,16-,17+,18-,19-,20-/m1/s1. The van der Waals surface area contributed by atoms with Crippen LogP contribution in [0.5, 0.6) is 11.5 Å². The molecule has 0 aliphatic carbocycles. The second-order valence-corrected chi connectivity index (χ2v) is 11.6. The van der Waals surface area contributed by atoms with Crippen molar-refractivity contribution in [3.05, 3.63) is 60.2 Å². The molecule has 2 fully saturated rings. The SMILES string of the molecule is COc1ccc(O[C@@H]2O[C@@H]3CO[C@@H](c4ccccc4)O[C@H]3[C@H](OS(=O)(=O)Cl)[C@H]2OS(=O)(=O)Cl)cc1. The van der Waals surface area contributed by atoms with E-state index in [0.29, 0.717) is 11.3 Å². The van der Waals surface area contributed by atoms with E-state index in [1.54, 1.807) is 42.5 Å². The Morgan fingerprint density at radius 2 is 1.43 bits per heavy atom. The zero-order chi connectivity index (χ0) is 25.2. The maximum Gasteiger partial charge on any atom is 0.356 e. The van der Waals surface area contributed by atoms with Crippen LogP contribution in [0.15, 0.2) is 54.6 Å². The van der Waals surface area contributed by atoms with Gasteiger partial charge in [0.15, 0.2) is 12.4 Å². The minimum atomic E-state index is -4.66. The van der Waals surface area contributed by atoms with E-state index in [0.717, 1.165) is 0 Å². The van der Waals surface area contributed by atoms with E-state index >= 15 is 0 Å². The van der Waals surface area contributed by atoms with Gasteiger partial charge in [-0.1, -0.05) is 30.3 Å². The first-order valence-electron chi connectivity index (χ1n) is 10.1. The molecule has 0 aromatic heterocycles. The van der Waals surface area contributed by atoms with Crippen molar-refractivity contribution in [2.24, 2.45) is 0 Å². The van der Waals surface area contributed by atoms with Crippen molar-refractivity contribution in [1.29, 1.82) is 0 Å². The minimum absolute atomic E-state index is 0.0742. The van der Waals surface area contributed by atoms with Gasteiger partial charge in [0.05, 0.1) is 13.7 Å². The summed E-state index contributed by atoms with van der Waals surface area (Å²) in [6.45, 7) is -0.0742. The van der Waals surface area contributed by atoms with Gasteiger partial charge in [-0.05, 0) is 24.3 Å². The highest BCUT2D eigenvalue weighted by atomic mass is 35.7. The molecule has 0 saturated carbocycles. The molecule has 192 valence electrons. The van der Waals surface area contributed by atoms with Gasteiger partial charge in [-0.15, -0.1) is 0 Å². The molecule has 0 radical (unpaired) electrons. The molecule has 0 amide bonds. The molecule has 0 bridgehead atoms. The van der Waals surface area contributed by atoms with E-state index in [9.17, 15) is 16.8 Å². The second-order valence-electron chi connectivity index (χ2n) is 7.42. The minimum Gasteiger partial charge on any atom is -0.497 e. The number of halogens is 2. The van der Waals surface area contributed by atoms with Crippen molar-refractivity contribution in [1.82, 2.24) is 0 Å². The zero-order valence-electron chi connectivity index (χ0n) is 17.9. The highest BCUT2D eigenvalue weighted by molar-refractivity contribution is 8.10. The molecule has 11 nitrogen and oxygen atoms in total.